The van der Waals surface area contributed by atoms with Crippen molar-refractivity contribution in [3.8, 4) is 21.6 Å². The van der Waals surface area contributed by atoms with Gasteiger partial charge in [-0.3, -0.25) is 34.2 Å². The Balaban J connectivity index is 0.774. The molecular formula is C53H57N9O6S2. The van der Waals surface area contributed by atoms with E-state index in [1.165, 1.54) is 16.2 Å². The largest absolute Gasteiger partial charge is 0.391 e. The summed E-state index contributed by atoms with van der Waals surface area (Å²) >= 11 is 2.90. The molecule has 6 aromatic rings. The van der Waals surface area contributed by atoms with Gasteiger partial charge in [-0.25, -0.2) is 9.97 Å². The van der Waals surface area contributed by atoms with E-state index in [2.05, 4.69) is 47.9 Å². The summed E-state index contributed by atoms with van der Waals surface area (Å²) in [4.78, 5) is 86.2. The first-order valence-corrected chi connectivity index (χ1v) is 25.3. The molecule has 2 unspecified atom stereocenters. The van der Waals surface area contributed by atoms with Crippen molar-refractivity contribution in [1.29, 1.82) is 0 Å². The monoisotopic (exact) mass is 979 g/mol. The number of thiazole rings is 2. The lowest BCUT2D eigenvalue weighted by Crippen LogP contribution is -2.59. The van der Waals surface area contributed by atoms with Crippen molar-refractivity contribution in [3.63, 3.8) is 0 Å². The van der Waals surface area contributed by atoms with Gasteiger partial charge in [0, 0.05) is 75.1 Å². The molecule has 2 saturated heterocycles. The van der Waals surface area contributed by atoms with E-state index in [1.54, 1.807) is 27.8 Å². The molecule has 4 atom stereocenters. The highest BCUT2D eigenvalue weighted by Crippen LogP contribution is 2.36. The third-order valence-corrected chi connectivity index (χ3v) is 15.0. The van der Waals surface area contributed by atoms with E-state index in [9.17, 15) is 29.1 Å². The smallest absolute Gasteiger partial charge is 0.255 e. The Morgan fingerprint density at radius 3 is 2.24 bits per heavy atom. The summed E-state index contributed by atoms with van der Waals surface area (Å²) in [6.45, 7) is 10.9. The second-order valence-corrected chi connectivity index (χ2v) is 20.9. The number of aromatic nitrogens is 2. The lowest BCUT2D eigenvalue weighted by molar-refractivity contribution is -0.144. The molecule has 0 spiro atoms. The molecule has 0 aliphatic carbocycles. The van der Waals surface area contributed by atoms with Gasteiger partial charge in [0.15, 0.2) is 5.13 Å². The topological polar surface area (TPSA) is 180 Å². The molecular weight excluding hydrogens is 923 g/mol. The number of β-amino-alcohol motifs (C(OH)–C–C–N with tert-alkyl or cyclic N) is 1. The van der Waals surface area contributed by atoms with Crippen LogP contribution in [0.2, 0.25) is 0 Å². The molecule has 5 amide bonds. The number of anilines is 2. The molecule has 70 heavy (non-hydrogen) atoms. The Bertz CT molecular complexity index is 2840. The highest BCUT2D eigenvalue weighted by Gasteiger charge is 2.45. The SMILES string of the molecule is Cc1ncsc1-c1ccc(CNC(=O)C2C[C@@H](O)CN2C(=O)[C@@H](NC(=O)CN2CCN(c3ccc(-c4ccc5c(c4)C(=O)N(C(C(=O)Nc4nccs4)c4ccccc4)C5)cc3)CC2)C(C)(C)C)cc1. The minimum absolute atomic E-state index is 0.00301. The van der Waals surface area contributed by atoms with E-state index in [4.69, 9.17) is 0 Å². The van der Waals surface area contributed by atoms with Crippen LogP contribution in [0.15, 0.2) is 114 Å². The Morgan fingerprint density at radius 1 is 0.857 bits per heavy atom. The van der Waals surface area contributed by atoms with E-state index >= 15 is 0 Å². The van der Waals surface area contributed by atoms with Crippen LogP contribution >= 0.6 is 22.7 Å². The molecule has 0 radical (unpaired) electrons. The van der Waals surface area contributed by atoms with Crippen molar-refractivity contribution < 1.29 is 29.1 Å². The number of piperazine rings is 1. The first-order chi connectivity index (χ1) is 33.7. The fourth-order valence-corrected chi connectivity index (χ4v) is 10.8. The van der Waals surface area contributed by atoms with Crippen molar-refractivity contribution in [2.24, 2.45) is 5.41 Å². The van der Waals surface area contributed by atoms with E-state index in [0.717, 1.165) is 44.1 Å². The summed E-state index contributed by atoms with van der Waals surface area (Å²) in [6, 6.07) is 28.7. The molecule has 3 aliphatic heterocycles. The minimum atomic E-state index is -0.919. The number of carbonyl (C=O) groups is 5. The minimum Gasteiger partial charge on any atom is -0.391 e. The van der Waals surface area contributed by atoms with Crippen LogP contribution in [0.3, 0.4) is 0 Å². The van der Waals surface area contributed by atoms with Gasteiger partial charge >= 0.3 is 0 Å². The van der Waals surface area contributed by atoms with Crippen molar-refractivity contribution >= 4 is 63.0 Å². The zero-order valence-electron chi connectivity index (χ0n) is 39.6. The van der Waals surface area contributed by atoms with Crippen LogP contribution in [-0.2, 0) is 32.3 Å². The van der Waals surface area contributed by atoms with Crippen LogP contribution in [0.4, 0.5) is 10.8 Å². The Kier molecular flexibility index (Phi) is 14.2. The van der Waals surface area contributed by atoms with Crippen LogP contribution in [0, 0.1) is 12.3 Å². The molecule has 2 aromatic heterocycles. The predicted molar refractivity (Wildman–Crippen MR) is 272 cm³/mol. The quantitative estimate of drug-likeness (QED) is 0.0941. The number of hydrogen-bond acceptors (Lipinski definition) is 12. The fourth-order valence-electron chi connectivity index (χ4n) is 9.50. The maximum Gasteiger partial charge on any atom is 0.255 e. The molecule has 4 aromatic carbocycles. The van der Waals surface area contributed by atoms with E-state index in [0.29, 0.717) is 49.0 Å². The van der Waals surface area contributed by atoms with Crippen molar-refractivity contribution in [1.82, 2.24) is 35.3 Å². The number of aliphatic hydroxyl groups is 1. The lowest BCUT2D eigenvalue weighted by atomic mass is 9.85. The number of rotatable bonds is 14. The Morgan fingerprint density at radius 2 is 1.57 bits per heavy atom. The predicted octanol–water partition coefficient (Wildman–Crippen LogP) is 6.51. The van der Waals surface area contributed by atoms with E-state index < -0.39 is 35.6 Å². The molecule has 15 nitrogen and oxygen atoms in total. The number of nitrogens with one attached hydrogen (secondary N) is 3. The van der Waals surface area contributed by atoms with Crippen LogP contribution < -0.4 is 20.9 Å². The van der Waals surface area contributed by atoms with E-state index in [-0.39, 0.29) is 49.7 Å². The van der Waals surface area contributed by atoms with Crippen molar-refractivity contribution in [2.45, 2.75) is 71.4 Å². The standard InChI is InChI=1S/C53H57N9O6S2/c1-33-46(70-32-56-33)37-12-10-34(11-13-37)28-55-48(65)43-27-41(63)30-61(43)51(68)47(53(2,3)4)57-44(64)31-59-21-23-60(24-22-59)40-18-16-35(17-19-40)38-14-15-39-29-62(50(67)42(39)26-38)45(36-8-6-5-7-9-36)49(66)58-52-54-20-25-69-52/h5-20,25-26,32,41,43,45,47,63H,21-24,27-31H2,1-4H3,(H,55,65)(H,57,64)(H,54,58,66)/t41-,43?,45?,47-/m1/s1. The van der Waals surface area contributed by atoms with Crippen molar-refractivity contribution in [3.05, 3.63) is 142 Å². The number of fused-ring (bicyclic) bond motifs is 1. The highest BCUT2D eigenvalue weighted by molar-refractivity contribution is 7.14. The van der Waals surface area contributed by atoms with E-state index in [1.807, 2.05) is 118 Å². The zero-order valence-corrected chi connectivity index (χ0v) is 41.3. The van der Waals surface area contributed by atoms with Gasteiger partial charge in [0.25, 0.3) is 11.8 Å². The number of likely N-dealkylation sites (tertiary alicyclic amines) is 1. The van der Waals surface area contributed by atoms with Gasteiger partial charge in [-0.2, -0.15) is 0 Å². The first-order valence-electron chi connectivity index (χ1n) is 23.5. The molecule has 17 heteroatoms. The van der Waals surface area contributed by atoms with Crippen LogP contribution in [-0.4, -0.2) is 117 Å². The maximum atomic E-state index is 14.2. The lowest BCUT2D eigenvalue weighted by Gasteiger charge is -2.37. The fraction of sp³-hybridized carbons (Fsp3) is 0.340. The first kappa shape index (κ1) is 48.2. The molecule has 4 N–H and O–H groups in total. The van der Waals surface area contributed by atoms with Gasteiger partial charge in [0.05, 0.1) is 28.7 Å². The summed E-state index contributed by atoms with van der Waals surface area (Å²) in [7, 11) is 0. The van der Waals surface area contributed by atoms with Crippen LogP contribution in [0.25, 0.3) is 21.6 Å². The third kappa shape index (κ3) is 10.7. The molecule has 0 bridgehead atoms. The summed E-state index contributed by atoms with van der Waals surface area (Å²) in [5.74, 6) is -1.56. The molecule has 362 valence electrons. The number of nitrogens with zero attached hydrogens (tertiary/aromatic N) is 6. The maximum absolute atomic E-state index is 14.2. The van der Waals surface area contributed by atoms with Gasteiger partial charge in [-0.15, -0.1) is 22.7 Å². The number of aryl methyl sites for hydroxylation is 1. The van der Waals surface area contributed by atoms with Gasteiger partial charge in [-0.1, -0.05) is 99.6 Å². The second kappa shape index (κ2) is 20.7. The Hall–Kier alpha value is -6.79. The van der Waals surface area contributed by atoms with Crippen molar-refractivity contribution in [2.75, 3.05) is 49.5 Å². The number of carbonyl (C=O) groups excluding carboxylic acids is 5. The van der Waals surface area contributed by atoms with Crippen LogP contribution in [0.5, 0.6) is 0 Å². The normalized spacial score (nSPS) is 18.1. The molecule has 9 rings (SSSR count). The summed E-state index contributed by atoms with van der Waals surface area (Å²) in [5, 5.41) is 21.8. The summed E-state index contributed by atoms with van der Waals surface area (Å²) < 4.78 is 0. The number of aliphatic hydroxyl groups excluding tert-OH is 1. The molecule has 0 saturated carbocycles. The average molecular weight is 980 g/mol. The van der Waals surface area contributed by atoms with Gasteiger partial charge in [0.1, 0.15) is 18.1 Å². The zero-order chi connectivity index (χ0) is 49.1. The van der Waals surface area contributed by atoms with Crippen LogP contribution in [0.1, 0.15) is 66.0 Å². The third-order valence-electron chi connectivity index (χ3n) is 13.3. The molecule has 2 fully saturated rings. The molecule has 5 heterocycles. The van der Waals surface area contributed by atoms with Gasteiger partial charge in [-0.05, 0) is 63.9 Å². The molecule has 3 aliphatic rings. The van der Waals surface area contributed by atoms with Gasteiger partial charge < -0.3 is 30.4 Å². The number of hydrogen-bond donors (Lipinski definition) is 4. The Labute approximate surface area is 415 Å². The number of amides is 5. The number of benzene rings is 4. The summed E-state index contributed by atoms with van der Waals surface area (Å²) in [6.07, 6.45) is 0.874. The second-order valence-electron chi connectivity index (χ2n) is 19.2. The van der Waals surface area contributed by atoms with Gasteiger partial charge in [0.2, 0.25) is 17.7 Å². The highest BCUT2D eigenvalue weighted by atomic mass is 32.1. The summed E-state index contributed by atoms with van der Waals surface area (Å²) in [5.41, 5.74) is 9.10. The average Bonchev–Trinajstić information content (AvgIpc) is 4.18.